The number of nitrogens with two attached hydrogens (primary N) is 1. The SMILES string of the molecule is CNC(=O)c1cnc2ccc(NCCCCCCCCCCN)cc2c1NCc1ccccc1. The van der Waals surface area contributed by atoms with Gasteiger partial charge in [0.05, 0.1) is 16.8 Å². The molecular weight excluding hydrogens is 422 g/mol. The average molecular weight is 462 g/mol. The summed E-state index contributed by atoms with van der Waals surface area (Å²) >= 11 is 0. The van der Waals surface area contributed by atoms with Crippen LogP contribution in [0.1, 0.15) is 67.3 Å². The minimum atomic E-state index is -0.147. The van der Waals surface area contributed by atoms with Crippen LogP contribution in [0.25, 0.3) is 10.9 Å². The molecule has 0 atom stereocenters. The molecule has 0 bridgehead atoms. The molecular formula is C28H39N5O. The van der Waals surface area contributed by atoms with Gasteiger partial charge < -0.3 is 21.7 Å². The molecule has 0 spiro atoms. The van der Waals surface area contributed by atoms with Gasteiger partial charge in [-0.05, 0) is 43.1 Å². The third-order valence-electron chi connectivity index (χ3n) is 6.11. The van der Waals surface area contributed by atoms with E-state index < -0.39 is 0 Å². The largest absolute Gasteiger partial charge is 0.385 e. The van der Waals surface area contributed by atoms with Crippen LogP contribution in [-0.2, 0) is 6.54 Å². The average Bonchev–Trinajstić information content (AvgIpc) is 2.88. The first-order chi connectivity index (χ1) is 16.7. The van der Waals surface area contributed by atoms with E-state index in [1.54, 1.807) is 13.2 Å². The van der Waals surface area contributed by atoms with Crippen molar-refractivity contribution in [1.29, 1.82) is 0 Å². The predicted octanol–water partition coefficient (Wildman–Crippen LogP) is 5.70. The second kappa shape index (κ2) is 14.2. The maximum absolute atomic E-state index is 12.5. The first-order valence-corrected chi connectivity index (χ1v) is 12.6. The third kappa shape index (κ3) is 7.73. The van der Waals surface area contributed by atoms with Crippen molar-refractivity contribution < 1.29 is 4.79 Å². The quantitative estimate of drug-likeness (QED) is 0.218. The Bertz CT molecular complexity index is 1020. The first kappa shape index (κ1) is 25.5. The Hall–Kier alpha value is -3.12. The molecule has 0 aliphatic carbocycles. The second-order valence-electron chi connectivity index (χ2n) is 8.74. The Labute approximate surface area is 203 Å². The van der Waals surface area contributed by atoms with E-state index in [2.05, 4.69) is 45.2 Å². The number of amides is 1. The van der Waals surface area contributed by atoms with Crippen LogP contribution in [0.3, 0.4) is 0 Å². The number of aromatic nitrogens is 1. The summed E-state index contributed by atoms with van der Waals surface area (Å²) in [6.07, 6.45) is 11.7. The monoisotopic (exact) mass is 461 g/mol. The van der Waals surface area contributed by atoms with E-state index in [1.807, 2.05) is 24.3 Å². The molecule has 182 valence electrons. The molecule has 0 fully saturated rings. The van der Waals surface area contributed by atoms with Gasteiger partial charge in [0.2, 0.25) is 0 Å². The molecule has 0 aliphatic rings. The molecule has 5 N–H and O–H groups in total. The Morgan fingerprint density at radius 2 is 1.59 bits per heavy atom. The number of hydrogen-bond donors (Lipinski definition) is 4. The van der Waals surface area contributed by atoms with Crippen molar-refractivity contribution in [2.45, 2.75) is 57.9 Å². The third-order valence-corrected chi connectivity index (χ3v) is 6.11. The summed E-state index contributed by atoms with van der Waals surface area (Å²) in [7, 11) is 1.64. The number of anilines is 2. The van der Waals surface area contributed by atoms with Crippen LogP contribution >= 0.6 is 0 Å². The molecule has 0 aliphatic heterocycles. The molecule has 6 heteroatoms. The molecule has 34 heavy (non-hydrogen) atoms. The first-order valence-electron chi connectivity index (χ1n) is 12.6. The summed E-state index contributed by atoms with van der Waals surface area (Å²) in [5.74, 6) is -0.147. The normalized spacial score (nSPS) is 10.9. The van der Waals surface area contributed by atoms with E-state index in [-0.39, 0.29) is 5.91 Å². The highest BCUT2D eigenvalue weighted by atomic mass is 16.1. The molecule has 1 amide bonds. The van der Waals surface area contributed by atoms with E-state index in [4.69, 9.17) is 5.73 Å². The van der Waals surface area contributed by atoms with Gasteiger partial charge in [0.25, 0.3) is 5.91 Å². The number of nitrogens with one attached hydrogen (secondary N) is 3. The summed E-state index contributed by atoms with van der Waals surface area (Å²) in [6, 6.07) is 16.4. The maximum atomic E-state index is 12.5. The number of carbonyl (C=O) groups excluding carboxylic acids is 1. The highest BCUT2D eigenvalue weighted by molar-refractivity contribution is 6.07. The van der Waals surface area contributed by atoms with Crippen LogP contribution in [0.5, 0.6) is 0 Å². The summed E-state index contributed by atoms with van der Waals surface area (Å²) in [5.41, 5.74) is 9.98. The Balaban J connectivity index is 1.61. The van der Waals surface area contributed by atoms with Crippen LogP contribution in [0.2, 0.25) is 0 Å². The standard InChI is InChI=1S/C28H39N5O/c1-30-28(34)25-21-32-26-16-15-23(31-18-12-7-5-3-2-4-6-11-17-29)19-24(26)27(25)33-20-22-13-9-8-10-14-22/h8-10,13-16,19,21,31H,2-7,11-12,17-18,20,29H2,1H3,(H,30,34)(H,32,33). The molecule has 6 nitrogen and oxygen atoms in total. The minimum Gasteiger partial charge on any atom is -0.385 e. The molecule has 3 rings (SSSR count). The summed E-state index contributed by atoms with van der Waals surface area (Å²) in [5, 5.41) is 10.7. The fraction of sp³-hybridized carbons (Fsp3) is 0.429. The van der Waals surface area contributed by atoms with Gasteiger partial charge in [-0.25, -0.2) is 0 Å². The Kier molecular flexibility index (Phi) is 10.7. The number of carbonyl (C=O) groups is 1. The topological polar surface area (TPSA) is 92.1 Å². The van der Waals surface area contributed by atoms with Crippen molar-refractivity contribution in [3.8, 4) is 0 Å². The van der Waals surface area contributed by atoms with E-state index in [0.717, 1.165) is 53.8 Å². The van der Waals surface area contributed by atoms with Crippen LogP contribution < -0.4 is 21.7 Å². The lowest BCUT2D eigenvalue weighted by atomic mass is 10.1. The lowest BCUT2D eigenvalue weighted by Crippen LogP contribution is -2.20. The zero-order chi connectivity index (χ0) is 24.0. The fourth-order valence-electron chi connectivity index (χ4n) is 4.15. The van der Waals surface area contributed by atoms with Gasteiger partial charge in [-0.1, -0.05) is 68.9 Å². The fourth-order valence-corrected chi connectivity index (χ4v) is 4.15. The van der Waals surface area contributed by atoms with Gasteiger partial charge in [-0.15, -0.1) is 0 Å². The van der Waals surface area contributed by atoms with Gasteiger partial charge in [-0.2, -0.15) is 0 Å². The zero-order valence-electron chi connectivity index (χ0n) is 20.4. The Morgan fingerprint density at radius 1 is 0.882 bits per heavy atom. The number of unbranched alkanes of at least 4 members (excludes halogenated alkanes) is 7. The summed E-state index contributed by atoms with van der Waals surface area (Å²) in [6.45, 7) is 2.38. The predicted molar refractivity (Wildman–Crippen MR) is 143 cm³/mol. The molecule has 0 saturated heterocycles. The lowest BCUT2D eigenvalue weighted by molar-refractivity contribution is 0.0963. The number of rotatable bonds is 15. The number of fused-ring (bicyclic) bond motifs is 1. The van der Waals surface area contributed by atoms with Crippen molar-refractivity contribution in [1.82, 2.24) is 10.3 Å². The smallest absolute Gasteiger partial charge is 0.254 e. The highest BCUT2D eigenvalue weighted by Crippen LogP contribution is 2.29. The van der Waals surface area contributed by atoms with E-state index >= 15 is 0 Å². The second-order valence-corrected chi connectivity index (χ2v) is 8.74. The van der Waals surface area contributed by atoms with Gasteiger partial charge in [-0.3, -0.25) is 9.78 Å². The van der Waals surface area contributed by atoms with Gasteiger partial charge in [0, 0.05) is 37.4 Å². The minimum absolute atomic E-state index is 0.147. The van der Waals surface area contributed by atoms with Crippen molar-refractivity contribution >= 4 is 28.2 Å². The van der Waals surface area contributed by atoms with Crippen molar-refractivity contribution in [3.63, 3.8) is 0 Å². The molecule has 2 aromatic carbocycles. The molecule has 0 saturated carbocycles. The molecule has 1 aromatic heterocycles. The van der Waals surface area contributed by atoms with E-state index in [9.17, 15) is 4.79 Å². The summed E-state index contributed by atoms with van der Waals surface area (Å²) in [4.78, 5) is 17.1. The van der Waals surface area contributed by atoms with E-state index in [1.165, 1.54) is 38.5 Å². The maximum Gasteiger partial charge on any atom is 0.254 e. The number of pyridine rings is 1. The van der Waals surface area contributed by atoms with E-state index in [0.29, 0.717) is 12.1 Å². The molecule has 3 aromatic rings. The van der Waals surface area contributed by atoms with Crippen LogP contribution in [0, 0.1) is 0 Å². The molecule has 1 heterocycles. The Morgan fingerprint density at radius 3 is 2.29 bits per heavy atom. The number of nitrogens with zero attached hydrogens (tertiary/aromatic N) is 1. The number of benzene rings is 2. The highest BCUT2D eigenvalue weighted by Gasteiger charge is 2.15. The molecule has 0 radical (unpaired) electrons. The number of hydrogen-bond acceptors (Lipinski definition) is 5. The lowest BCUT2D eigenvalue weighted by Gasteiger charge is -2.15. The zero-order valence-corrected chi connectivity index (χ0v) is 20.4. The van der Waals surface area contributed by atoms with Crippen molar-refractivity contribution in [2.24, 2.45) is 5.73 Å². The van der Waals surface area contributed by atoms with Gasteiger partial charge >= 0.3 is 0 Å². The van der Waals surface area contributed by atoms with Crippen molar-refractivity contribution in [2.75, 3.05) is 30.8 Å². The van der Waals surface area contributed by atoms with Crippen LogP contribution in [-0.4, -0.2) is 31.0 Å². The van der Waals surface area contributed by atoms with Gasteiger partial charge in [0.15, 0.2) is 0 Å². The van der Waals surface area contributed by atoms with Gasteiger partial charge in [0.1, 0.15) is 0 Å². The van der Waals surface area contributed by atoms with Crippen LogP contribution in [0.4, 0.5) is 11.4 Å². The van der Waals surface area contributed by atoms with Crippen molar-refractivity contribution in [3.05, 3.63) is 65.9 Å². The summed E-state index contributed by atoms with van der Waals surface area (Å²) < 4.78 is 0. The van der Waals surface area contributed by atoms with Crippen LogP contribution in [0.15, 0.2) is 54.7 Å². The molecule has 0 unspecified atom stereocenters.